The van der Waals surface area contributed by atoms with Crippen molar-refractivity contribution in [3.8, 4) is 11.5 Å². The van der Waals surface area contributed by atoms with E-state index in [9.17, 15) is 9.59 Å². The first-order valence-corrected chi connectivity index (χ1v) is 11.2. The molecule has 0 spiro atoms. The van der Waals surface area contributed by atoms with Crippen LogP contribution in [-0.4, -0.2) is 34.4 Å². The minimum absolute atomic E-state index is 0.0161. The van der Waals surface area contributed by atoms with Crippen molar-refractivity contribution < 1.29 is 19.1 Å². The molecule has 0 aliphatic carbocycles. The number of benzene rings is 3. The number of aromatic amines is 1. The Bertz CT molecular complexity index is 1200. The fourth-order valence-corrected chi connectivity index (χ4v) is 3.31. The van der Waals surface area contributed by atoms with Gasteiger partial charge in [-0.2, -0.15) is 0 Å². The summed E-state index contributed by atoms with van der Waals surface area (Å²) in [5.41, 5.74) is 2.13. The Balaban J connectivity index is 1.36. The van der Waals surface area contributed by atoms with E-state index in [1.54, 1.807) is 30.5 Å². The molecule has 3 aromatic carbocycles. The number of hydrogen-bond donors (Lipinski definition) is 3. The Kier molecular flexibility index (Phi) is 8.23. The summed E-state index contributed by atoms with van der Waals surface area (Å²) in [7, 11) is 0. The molecule has 0 fully saturated rings. The summed E-state index contributed by atoms with van der Waals surface area (Å²) in [6, 6.07) is 25.2. The van der Waals surface area contributed by atoms with E-state index >= 15 is 0 Å². The predicted molar refractivity (Wildman–Crippen MR) is 132 cm³/mol. The van der Waals surface area contributed by atoms with Crippen molar-refractivity contribution in [1.29, 1.82) is 0 Å². The second-order valence-corrected chi connectivity index (χ2v) is 7.79. The maximum atomic E-state index is 13.0. The van der Waals surface area contributed by atoms with Crippen LogP contribution in [0.25, 0.3) is 0 Å². The van der Waals surface area contributed by atoms with Crippen LogP contribution < -0.4 is 15.4 Å². The van der Waals surface area contributed by atoms with E-state index in [0.717, 1.165) is 11.3 Å². The van der Waals surface area contributed by atoms with Gasteiger partial charge in [0.15, 0.2) is 0 Å². The van der Waals surface area contributed by atoms with Crippen LogP contribution in [-0.2, 0) is 27.4 Å². The summed E-state index contributed by atoms with van der Waals surface area (Å²) in [5, 5.41) is 5.59. The highest BCUT2D eigenvalue weighted by Gasteiger charge is 2.22. The summed E-state index contributed by atoms with van der Waals surface area (Å²) in [6.07, 6.45) is 3.19. The van der Waals surface area contributed by atoms with Gasteiger partial charge in [-0.1, -0.05) is 48.5 Å². The average molecular weight is 471 g/mol. The van der Waals surface area contributed by atoms with Gasteiger partial charge in [0.2, 0.25) is 11.8 Å². The topological polar surface area (TPSA) is 105 Å². The number of nitrogens with one attached hydrogen (secondary N) is 3. The number of ether oxygens (including phenoxy) is 2. The van der Waals surface area contributed by atoms with E-state index in [0.29, 0.717) is 23.7 Å². The molecule has 4 aromatic rings. The second-order valence-electron chi connectivity index (χ2n) is 7.79. The molecule has 35 heavy (non-hydrogen) atoms. The Hall–Kier alpha value is -4.43. The maximum absolute atomic E-state index is 13.0. The SMILES string of the molecule is O=C(Cc1c[nH]cn1)N[C@@H](COCc1ccccc1)C(=O)Nc1ccc(Oc2ccccc2)cc1. The molecule has 3 N–H and O–H groups in total. The van der Waals surface area contributed by atoms with Crippen LogP contribution in [0.5, 0.6) is 11.5 Å². The first-order chi connectivity index (χ1) is 17.2. The number of H-pyrrole nitrogens is 1. The number of carbonyl (C=O) groups is 2. The fraction of sp³-hybridized carbons (Fsp3) is 0.148. The van der Waals surface area contributed by atoms with Crippen molar-refractivity contribution in [3.05, 3.63) is 109 Å². The minimum Gasteiger partial charge on any atom is -0.457 e. The van der Waals surface area contributed by atoms with Crippen LogP contribution in [0.4, 0.5) is 5.69 Å². The number of carbonyl (C=O) groups excluding carboxylic acids is 2. The van der Waals surface area contributed by atoms with Gasteiger partial charge in [0.05, 0.1) is 31.7 Å². The molecule has 1 heterocycles. The summed E-state index contributed by atoms with van der Waals surface area (Å²) < 4.78 is 11.5. The monoisotopic (exact) mass is 470 g/mol. The zero-order valence-electron chi connectivity index (χ0n) is 19.0. The first-order valence-electron chi connectivity index (χ1n) is 11.2. The van der Waals surface area contributed by atoms with E-state index < -0.39 is 6.04 Å². The van der Waals surface area contributed by atoms with Crippen molar-refractivity contribution in [3.63, 3.8) is 0 Å². The van der Waals surface area contributed by atoms with Gasteiger partial charge in [0, 0.05) is 11.9 Å². The average Bonchev–Trinajstić information content (AvgIpc) is 3.39. The largest absolute Gasteiger partial charge is 0.457 e. The molecule has 0 saturated heterocycles. The molecule has 1 atom stereocenters. The zero-order chi connectivity index (χ0) is 24.3. The standard InChI is InChI=1S/C27H26N4O4/c32-26(15-22-16-28-19-29-22)31-25(18-34-17-20-7-3-1-4-8-20)27(33)30-21-11-13-24(14-12-21)35-23-9-5-2-6-10-23/h1-14,16,19,25H,15,17-18H2,(H,28,29)(H,30,33)(H,31,32)/t25-/m0/s1. The summed E-state index contributed by atoms with van der Waals surface area (Å²) in [6.45, 7) is 0.341. The zero-order valence-corrected chi connectivity index (χ0v) is 19.0. The molecule has 0 unspecified atom stereocenters. The quantitative estimate of drug-likeness (QED) is 0.306. The fourth-order valence-electron chi connectivity index (χ4n) is 3.31. The van der Waals surface area contributed by atoms with E-state index in [1.165, 1.54) is 6.33 Å². The van der Waals surface area contributed by atoms with Crippen LogP contribution in [0, 0.1) is 0 Å². The Morgan fingerprint density at radius 2 is 1.57 bits per heavy atom. The summed E-state index contributed by atoms with van der Waals surface area (Å²) in [5.74, 6) is 0.654. The molecule has 0 radical (unpaired) electrons. The highest BCUT2D eigenvalue weighted by Crippen LogP contribution is 2.22. The van der Waals surface area contributed by atoms with E-state index in [-0.39, 0.29) is 24.8 Å². The smallest absolute Gasteiger partial charge is 0.249 e. The third-order valence-corrected chi connectivity index (χ3v) is 5.05. The lowest BCUT2D eigenvalue weighted by Gasteiger charge is -2.19. The predicted octanol–water partition coefficient (Wildman–Crippen LogP) is 4.08. The number of rotatable bonds is 11. The molecule has 8 nitrogen and oxygen atoms in total. The van der Waals surface area contributed by atoms with Gasteiger partial charge in [0.1, 0.15) is 17.5 Å². The Labute approximate surface area is 203 Å². The molecule has 178 valence electrons. The number of imidazole rings is 1. The van der Waals surface area contributed by atoms with Crippen LogP contribution in [0.1, 0.15) is 11.3 Å². The third-order valence-electron chi connectivity index (χ3n) is 5.05. The summed E-state index contributed by atoms with van der Waals surface area (Å²) in [4.78, 5) is 32.4. The molecule has 8 heteroatoms. The normalized spacial score (nSPS) is 11.4. The lowest BCUT2D eigenvalue weighted by molar-refractivity contribution is -0.127. The number of para-hydroxylation sites is 1. The molecular weight excluding hydrogens is 444 g/mol. The second kappa shape index (κ2) is 12.2. The maximum Gasteiger partial charge on any atom is 0.249 e. The van der Waals surface area contributed by atoms with Crippen molar-refractivity contribution >= 4 is 17.5 Å². The van der Waals surface area contributed by atoms with Crippen LogP contribution in [0.15, 0.2) is 97.5 Å². The van der Waals surface area contributed by atoms with Gasteiger partial charge in [-0.3, -0.25) is 9.59 Å². The molecule has 4 rings (SSSR count). The van der Waals surface area contributed by atoms with Crippen molar-refractivity contribution in [2.75, 3.05) is 11.9 Å². The molecule has 0 aliphatic rings. The molecule has 0 aliphatic heterocycles. The lowest BCUT2D eigenvalue weighted by atomic mass is 10.2. The molecule has 0 bridgehead atoms. The van der Waals surface area contributed by atoms with Gasteiger partial charge in [-0.05, 0) is 42.0 Å². The molecule has 2 amide bonds. The van der Waals surface area contributed by atoms with E-state index in [1.807, 2.05) is 60.7 Å². The van der Waals surface area contributed by atoms with Gasteiger partial charge < -0.3 is 25.1 Å². The molecule has 1 aromatic heterocycles. The van der Waals surface area contributed by atoms with Crippen molar-refractivity contribution in [2.24, 2.45) is 0 Å². The number of anilines is 1. The van der Waals surface area contributed by atoms with Crippen molar-refractivity contribution in [1.82, 2.24) is 15.3 Å². The summed E-state index contributed by atoms with van der Waals surface area (Å²) >= 11 is 0. The Morgan fingerprint density at radius 1 is 0.886 bits per heavy atom. The molecule has 0 saturated carbocycles. The van der Waals surface area contributed by atoms with E-state index in [2.05, 4.69) is 20.6 Å². The number of hydrogen-bond acceptors (Lipinski definition) is 5. The third kappa shape index (κ3) is 7.55. The van der Waals surface area contributed by atoms with Crippen LogP contribution in [0.3, 0.4) is 0 Å². The van der Waals surface area contributed by atoms with Crippen LogP contribution >= 0.6 is 0 Å². The minimum atomic E-state index is -0.884. The highest BCUT2D eigenvalue weighted by molar-refractivity contribution is 5.97. The highest BCUT2D eigenvalue weighted by atomic mass is 16.5. The van der Waals surface area contributed by atoms with Crippen LogP contribution in [0.2, 0.25) is 0 Å². The van der Waals surface area contributed by atoms with Gasteiger partial charge in [-0.15, -0.1) is 0 Å². The van der Waals surface area contributed by atoms with Gasteiger partial charge >= 0.3 is 0 Å². The van der Waals surface area contributed by atoms with Gasteiger partial charge in [-0.25, -0.2) is 4.98 Å². The van der Waals surface area contributed by atoms with E-state index in [4.69, 9.17) is 9.47 Å². The number of amides is 2. The number of nitrogens with zero attached hydrogens (tertiary/aromatic N) is 1. The lowest BCUT2D eigenvalue weighted by Crippen LogP contribution is -2.47. The molecular formula is C27H26N4O4. The first kappa shape index (κ1) is 23.7. The van der Waals surface area contributed by atoms with Gasteiger partial charge in [0.25, 0.3) is 0 Å². The number of aromatic nitrogens is 2. The van der Waals surface area contributed by atoms with Crippen molar-refractivity contribution in [2.45, 2.75) is 19.1 Å². The Morgan fingerprint density at radius 3 is 2.26 bits per heavy atom.